The fourth-order valence-electron chi connectivity index (χ4n) is 3.39. The Morgan fingerprint density at radius 2 is 1.96 bits per heavy atom. The lowest BCUT2D eigenvalue weighted by atomic mass is 10.0. The van der Waals surface area contributed by atoms with E-state index in [1.807, 2.05) is 33.8 Å². The number of amides is 1. The maximum Gasteiger partial charge on any atom is 0.410 e. The molecule has 1 fully saturated rings. The van der Waals surface area contributed by atoms with Crippen molar-refractivity contribution < 1.29 is 9.53 Å². The third-order valence-electron chi connectivity index (χ3n) is 4.66. The monoisotopic (exact) mass is 356 g/mol. The highest BCUT2D eigenvalue weighted by Crippen LogP contribution is 2.27. The SMILES string of the molecule is Cc1cc2c(cc1C#N)[nH]c(=O)n2C1CCN(C(=O)OC(C)(C)C)CC1. The van der Waals surface area contributed by atoms with E-state index in [0.29, 0.717) is 37.0 Å². The molecule has 0 radical (unpaired) electrons. The van der Waals surface area contributed by atoms with E-state index in [9.17, 15) is 9.59 Å². The molecule has 7 nitrogen and oxygen atoms in total. The summed E-state index contributed by atoms with van der Waals surface area (Å²) in [5, 5.41) is 9.17. The van der Waals surface area contributed by atoms with Crippen LogP contribution in [0.3, 0.4) is 0 Å². The predicted molar refractivity (Wildman–Crippen MR) is 98.1 cm³/mol. The van der Waals surface area contributed by atoms with Gasteiger partial charge in [0.25, 0.3) is 0 Å². The molecule has 1 aromatic carbocycles. The minimum atomic E-state index is -0.516. The van der Waals surface area contributed by atoms with Crippen molar-refractivity contribution in [3.63, 3.8) is 0 Å². The topological polar surface area (TPSA) is 91.1 Å². The third kappa shape index (κ3) is 3.45. The molecule has 0 bridgehead atoms. The minimum Gasteiger partial charge on any atom is -0.444 e. The van der Waals surface area contributed by atoms with Crippen LogP contribution in [0.2, 0.25) is 0 Å². The molecule has 0 spiro atoms. The number of imidazole rings is 1. The number of hydrogen-bond acceptors (Lipinski definition) is 4. The summed E-state index contributed by atoms with van der Waals surface area (Å²) in [5.41, 5.74) is 2.20. The van der Waals surface area contributed by atoms with Crippen molar-refractivity contribution in [2.75, 3.05) is 13.1 Å². The summed E-state index contributed by atoms with van der Waals surface area (Å²) in [5.74, 6) is 0. The number of likely N-dealkylation sites (tertiary alicyclic amines) is 1. The molecule has 1 amide bonds. The van der Waals surface area contributed by atoms with Crippen LogP contribution in [0.15, 0.2) is 16.9 Å². The molecule has 0 unspecified atom stereocenters. The Hall–Kier alpha value is -2.75. The van der Waals surface area contributed by atoms with Crippen LogP contribution in [0.25, 0.3) is 11.0 Å². The average molecular weight is 356 g/mol. The van der Waals surface area contributed by atoms with Gasteiger partial charge in [-0.3, -0.25) is 4.57 Å². The Morgan fingerprint density at radius 1 is 1.31 bits per heavy atom. The second-order valence-electron chi connectivity index (χ2n) is 7.79. The first-order valence-corrected chi connectivity index (χ1v) is 8.82. The van der Waals surface area contributed by atoms with E-state index in [1.54, 1.807) is 15.5 Å². The van der Waals surface area contributed by atoms with Gasteiger partial charge in [0.05, 0.1) is 22.7 Å². The molecule has 138 valence electrons. The number of carbonyl (C=O) groups excluding carboxylic acids is 1. The summed E-state index contributed by atoms with van der Waals surface area (Å²) in [6, 6.07) is 5.76. The van der Waals surface area contributed by atoms with Crippen LogP contribution in [0.5, 0.6) is 0 Å². The Kier molecular flexibility index (Phi) is 4.53. The number of nitrogens with one attached hydrogen (secondary N) is 1. The summed E-state index contributed by atoms with van der Waals surface area (Å²) in [4.78, 5) is 29.2. The highest BCUT2D eigenvalue weighted by Gasteiger charge is 2.29. The summed E-state index contributed by atoms with van der Waals surface area (Å²) in [6.45, 7) is 8.51. The van der Waals surface area contributed by atoms with Crippen molar-refractivity contribution in [1.82, 2.24) is 14.5 Å². The zero-order chi connectivity index (χ0) is 19.1. The number of nitriles is 1. The number of ether oxygens (including phenoxy) is 1. The van der Waals surface area contributed by atoms with Crippen molar-refractivity contribution in [1.29, 1.82) is 5.26 Å². The summed E-state index contributed by atoms with van der Waals surface area (Å²) in [6.07, 6.45) is 1.06. The van der Waals surface area contributed by atoms with Gasteiger partial charge >= 0.3 is 11.8 Å². The molecule has 0 saturated carbocycles. The van der Waals surface area contributed by atoms with Crippen LogP contribution in [-0.2, 0) is 4.74 Å². The maximum absolute atomic E-state index is 12.5. The smallest absolute Gasteiger partial charge is 0.410 e. The number of hydrogen-bond donors (Lipinski definition) is 1. The highest BCUT2D eigenvalue weighted by molar-refractivity contribution is 5.78. The number of rotatable bonds is 1. The van der Waals surface area contributed by atoms with Crippen LogP contribution in [0, 0.1) is 18.3 Å². The normalized spacial score (nSPS) is 15.9. The van der Waals surface area contributed by atoms with Crippen molar-refractivity contribution >= 4 is 17.1 Å². The van der Waals surface area contributed by atoms with E-state index in [4.69, 9.17) is 10.00 Å². The van der Waals surface area contributed by atoms with Gasteiger partial charge in [-0.05, 0) is 58.2 Å². The molecule has 1 saturated heterocycles. The van der Waals surface area contributed by atoms with Crippen molar-refractivity contribution in [3.05, 3.63) is 33.7 Å². The lowest BCUT2D eigenvalue weighted by Crippen LogP contribution is -2.43. The van der Waals surface area contributed by atoms with E-state index in [0.717, 1.165) is 11.1 Å². The highest BCUT2D eigenvalue weighted by atomic mass is 16.6. The molecule has 0 aliphatic carbocycles. The molecule has 1 aliphatic rings. The molecular weight excluding hydrogens is 332 g/mol. The molecule has 7 heteroatoms. The van der Waals surface area contributed by atoms with Gasteiger partial charge in [0, 0.05) is 19.1 Å². The quantitative estimate of drug-likeness (QED) is 0.850. The molecule has 2 heterocycles. The molecule has 1 aromatic heterocycles. The number of aromatic amines is 1. The zero-order valence-electron chi connectivity index (χ0n) is 15.6. The van der Waals surface area contributed by atoms with Crippen molar-refractivity contribution in [2.45, 2.75) is 52.2 Å². The minimum absolute atomic E-state index is 0.0160. The van der Waals surface area contributed by atoms with Gasteiger partial charge in [-0.2, -0.15) is 5.26 Å². The molecule has 1 aliphatic heterocycles. The molecule has 3 rings (SSSR count). The van der Waals surface area contributed by atoms with Gasteiger partial charge in [0.2, 0.25) is 0 Å². The van der Waals surface area contributed by atoms with E-state index in [-0.39, 0.29) is 17.8 Å². The van der Waals surface area contributed by atoms with E-state index >= 15 is 0 Å². The van der Waals surface area contributed by atoms with E-state index < -0.39 is 5.60 Å². The number of benzene rings is 1. The van der Waals surface area contributed by atoms with Gasteiger partial charge < -0.3 is 14.6 Å². The number of aryl methyl sites for hydroxylation is 1. The fraction of sp³-hybridized carbons (Fsp3) is 0.526. The number of carbonyl (C=O) groups is 1. The average Bonchev–Trinajstić information content (AvgIpc) is 2.87. The number of fused-ring (bicyclic) bond motifs is 1. The Morgan fingerprint density at radius 3 is 2.54 bits per heavy atom. The number of nitrogens with zero attached hydrogens (tertiary/aromatic N) is 3. The summed E-state index contributed by atoms with van der Waals surface area (Å²) < 4.78 is 7.18. The largest absolute Gasteiger partial charge is 0.444 e. The van der Waals surface area contributed by atoms with Gasteiger partial charge in [-0.1, -0.05) is 0 Å². The van der Waals surface area contributed by atoms with Crippen LogP contribution in [0.1, 0.15) is 50.8 Å². The molecular formula is C19H24N4O3. The molecule has 1 N–H and O–H groups in total. The lowest BCUT2D eigenvalue weighted by Gasteiger charge is -2.33. The molecule has 26 heavy (non-hydrogen) atoms. The maximum atomic E-state index is 12.5. The Balaban J connectivity index is 1.81. The number of H-pyrrole nitrogens is 1. The van der Waals surface area contributed by atoms with E-state index in [1.165, 1.54) is 0 Å². The summed E-state index contributed by atoms with van der Waals surface area (Å²) >= 11 is 0. The van der Waals surface area contributed by atoms with Crippen LogP contribution < -0.4 is 5.69 Å². The first-order valence-electron chi connectivity index (χ1n) is 8.82. The van der Waals surface area contributed by atoms with Gasteiger partial charge in [0.15, 0.2) is 0 Å². The van der Waals surface area contributed by atoms with Crippen LogP contribution in [-0.4, -0.2) is 39.2 Å². The number of piperidine rings is 1. The van der Waals surface area contributed by atoms with Crippen molar-refractivity contribution in [3.8, 4) is 6.07 Å². The summed E-state index contributed by atoms with van der Waals surface area (Å²) in [7, 11) is 0. The lowest BCUT2D eigenvalue weighted by molar-refractivity contribution is 0.0189. The third-order valence-corrected chi connectivity index (χ3v) is 4.66. The Bertz CT molecular complexity index is 935. The predicted octanol–water partition coefficient (Wildman–Crippen LogP) is 3.08. The first kappa shape index (κ1) is 18.1. The molecule has 0 atom stereocenters. The first-order chi connectivity index (χ1) is 12.2. The van der Waals surface area contributed by atoms with Crippen LogP contribution >= 0.6 is 0 Å². The number of aromatic nitrogens is 2. The standard InChI is InChI=1S/C19H24N4O3/c1-12-9-16-15(10-13(12)11-20)21-17(24)23(16)14-5-7-22(8-6-14)18(25)26-19(2,3)4/h9-10,14H,5-8H2,1-4H3,(H,21,24). The van der Waals surface area contributed by atoms with Crippen molar-refractivity contribution in [2.24, 2.45) is 0 Å². The Labute approximate surface area is 152 Å². The van der Waals surface area contributed by atoms with Gasteiger partial charge in [-0.15, -0.1) is 0 Å². The zero-order valence-corrected chi connectivity index (χ0v) is 15.6. The van der Waals surface area contributed by atoms with Gasteiger partial charge in [0.1, 0.15) is 5.60 Å². The van der Waals surface area contributed by atoms with Crippen LogP contribution in [0.4, 0.5) is 4.79 Å². The van der Waals surface area contributed by atoms with Gasteiger partial charge in [-0.25, -0.2) is 9.59 Å². The second-order valence-corrected chi connectivity index (χ2v) is 7.79. The molecule has 2 aromatic rings. The second kappa shape index (κ2) is 6.52. The van der Waals surface area contributed by atoms with E-state index in [2.05, 4.69) is 11.1 Å². The fourth-order valence-corrected chi connectivity index (χ4v) is 3.39.